The Morgan fingerprint density at radius 3 is 2.24 bits per heavy atom. The van der Waals surface area contributed by atoms with Gasteiger partial charge in [-0.15, -0.1) is 0 Å². The third kappa shape index (κ3) is 4.69. The fourth-order valence-corrected chi connectivity index (χ4v) is 5.51. The number of ether oxygens (including phenoxy) is 1. The van der Waals surface area contributed by atoms with Gasteiger partial charge in [-0.2, -0.15) is 4.31 Å². The third-order valence-corrected chi connectivity index (χ3v) is 7.63. The fourth-order valence-electron chi connectivity index (χ4n) is 4.04. The van der Waals surface area contributed by atoms with Crippen LogP contribution in [0.15, 0.2) is 59.5 Å². The molecule has 2 aliphatic rings. The molecule has 2 N–H and O–H groups in total. The van der Waals surface area contributed by atoms with E-state index in [2.05, 4.69) is 0 Å². The number of hydrogen-bond donors (Lipinski definition) is 1. The lowest BCUT2D eigenvalue weighted by molar-refractivity contribution is -0.120. The Morgan fingerprint density at radius 1 is 1.00 bits per heavy atom. The summed E-state index contributed by atoms with van der Waals surface area (Å²) in [4.78, 5) is 39.0. The van der Waals surface area contributed by atoms with E-state index in [0.29, 0.717) is 24.3 Å². The van der Waals surface area contributed by atoms with E-state index >= 15 is 0 Å². The summed E-state index contributed by atoms with van der Waals surface area (Å²) in [6.07, 6.45) is 0.862. The first kappa shape index (κ1) is 22.7. The molecule has 4 rings (SSSR count). The van der Waals surface area contributed by atoms with Crippen LogP contribution in [0.1, 0.15) is 12.8 Å². The van der Waals surface area contributed by atoms with Crippen LogP contribution in [0.3, 0.4) is 0 Å². The molecule has 10 nitrogen and oxygen atoms in total. The average molecular weight is 473 g/mol. The fraction of sp³-hybridized carbons (Fsp3) is 0.318. The van der Waals surface area contributed by atoms with Crippen molar-refractivity contribution in [1.29, 1.82) is 0 Å². The van der Waals surface area contributed by atoms with Crippen LogP contribution in [-0.2, 0) is 19.6 Å². The number of para-hydroxylation sites is 1. The summed E-state index contributed by atoms with van der Waals surface area (Å²) in [6, 6.07) is 13.9. The second-order valence-electron chi connectivity index (χ2n) is 7.84. The second-order valence-corrected chi connectivity index (χ2v) is 9.77. The number of benzene rings is 2. The van der Waals surface area contributed by atoms with Gasteiger partial charge in [0.25, 0.3) is 11.8 Å². The number of urea groups is 1. The molecule has 0 saturated carbocycles. The highest BCUT2D eigenvalue weighted by Crippen LogP contribution is 2.28. The zero-order valence-corrected chi connectivity index (χ0v) is 18.6. The molecule has 2 aromatic carbocycles. The number of imide groups is 1. The molecule has 2 aliphatic heterocycles. The van der Waals surface area contributed by atoms with E-state index in [-0.39, 0.29) is 49.1 Å². The number of hydrogen-bond acceptors (Lipinski definition) is 6. The van der Waals surface area contributed by atoms with Crippen LogP contribution >= 0.6 is 0 Å². The lowest BCUT2D eigenvalue weighted by Gasteiger charge is -2.35. The number of piperidine rings is 1. The second kappa shape index (κ2) is 9.20. The molecule has 0 aliphatic carbocycles. The Balaban J connectivity index is 1.39. The van der Waals surface area contributed by atoms with Crippen molar-refractivity contribution in [2.75, 3.05) is 31.1 Å². The van der Waals surface area contributed by atoms with Crippen LogP contribution in [-0.4, -0.2) is 67.8 Å². The zero-order valence-electron chi connectivity index (χ0n) is 17.8. The molecule has 174 valence electrons. The van der Waals surface area contributed by atoms with Gasteiger partial charge in [-0.1, -0.05) is 18.2 Å². The summed E-state index contributed by atoms with van der Waals surface area (Å²) in [7, 11) is -3.73. The molecule has 2 heterocycles. The predicted octanol–water partition coefficient (Wildman–Crippen LogP) is 1.17. The van der Waals surface area contributed by atoms with E-state index in [4.69, 9.17) is 10.5 Å². The predicted molar refractivity (Wildman–Crippen MR) is 119 cm³/mol. The summed E-state index contributed by atoms with van der Waals surface area (Å²) in [5, 5.41) is 0. The van der Waals surface area contributed by atoms with Crippen molar-refractivity contribution in [3.05, 3.63) is 54.6 Å². The zero-order chi connectivity index (χ0) is 23.6. The van der Waals surface area contributed by atoms with E-state index in [1.54, 1.807) is 24.3 Å². The topological polar surface area (TPSA) is 130 Å². The van der Waals surface area contributed by atoms with Crippen molar-refractivity contribution in [3.8, 4) is 5.75 Å². The molecule has 0 atom stereocenters. The van der Waals surface area contributed by atoms with Crippen LogP contribution in [0.2, 0.25) is 0 Å². The average Bonchev–Trinajstić information content (AvgIpc) is 3.12. The Morgan fingerprint density at radius 2 is 1.64 bits per heavy atom. The van der Waals surface area contributed by atoms with Crippen LogP contribution in [0, 0.1) is 0 Å². The maximum Gasteiger partial charge on any atom is 0.332 e. The van der Waals surface area contributed by atoms with Gasteiger partial charge >= 0.3 is 6.03 Å². The molecule has 0 spiro atoms. The van der Waals surface area contributed by atoms with Gasteiger partial charge in [0.2, 0.25) is 10.0 Å². The lowest BCUT2D eigenvalue weighted by atomic mass is 10.1. The third-order valence-electron chi connectivity index (χ3n) is 5.71. The number of rotatable bonds is 7. The Kier molecular flexibility index (Phi) is 6.34. The van der Waals surface area contributed by atoms with Gasteiger partial charge in [0.15, 0.2) is 6.61 Å². The van der Waals surface area contributed by atoms with E-state index in [9.17, 15) is 22.8 Å². The van der Waals surface area contributed by atoms with Gasteiger partial charge in [-0.25, -0.2) is 18.1 Å². The van der Waals surface area contributed by atoms with Crippen LogP contribution in [0.25, 0.3) is 0 Å². The minimum atomic E-state index is -3.73. The number of nitrogens with zero attached hydrogens (tertiary/aromatic N) is 3. The van der Waals surface area contributed by atoms with E-state index in [0.717, 1.165) is 0 Å². The SMILES string of the molecule is NC(=O)COc1ccc(S(=O)(=O)N2CCC(N3CC(=O)N(c4ccccc4)C3=O)CC2)cc1. The normalized spacial score (nSPS) is 18.1. The van der Waals surface area contributed by atoms with E-state index in [1.165, 1.54) is 38.4 Å². The molecular weight excluding hydrogens is 448 g/mol. The van der Waals surface area contributed by atoms with Gasteiger partial charge < -0.3 is 15.4 Å². The number of amides is 4. The van der Waals surface area contributed by atoms with Gasteiger partial charge in [-0.3, -0.25) is 9.59 Å². The first-order valence-corrected chi connectivity index (χ1v) is 11.9. The van der Waals surface area contributed by atoms with Gasteiger partial charge in [0, 0.05) is 19.1 Å². The number of carbonyl (C=O) groups is 3. The number of primary amides is 1. The van der Waals surface area contributed by atoms with Crippen molar-refractivity contribution in [1.82, 2.24) is 9.21 Å². The smallest absolute Gasteiger partial charge is 0.332 e. The highest BCUT2D eigenvalue weighted by atomic mass is 32.2. The molecule has 0 unspecified atom stereocenters. The summed E-state index contributed by atoms with van der Waals surface area (Å²) >= 11 is 0. The maximum atomic E-state index is 13.0. The van der Waals surface area contributed by atoms with Crippen molar-refractivity contribution >= 4 is 33.6 Å². The lowest BCUT2D eigenvalue weighted by Crippen LogP contribution is -2.48. The van der Waals surface area contributed by atoms with Crippen molar-refractivity contribution in [3.63, 3.8) is 0 Å². The van der Waals surface area contributed by atoms with Crippen LogP contribution in [0.5, 0.6) is 5.75 Å². The number of sulfonamides is 1. The molecule has 2 fully saturated rings. The summed E-state index contributed by atoms with van der Waals surface area (Å²) in [5.74, 6) is -0.578. The molecule has 0 aromatic heterocycles. The largest absolute Gasteiger partial charge is 0.484 e. The van der Waals surface area contributed by atoms with Crippen molar-refractivity contribution in [2.24, 2.45) is 5.73 Å². The monoisotopic (exact) mass is 472 g/mol. The highest BCUT2D eigenvalue weighted by molar-refractivity contribution is 7.89. The molecule has 0 bridgehead atoms. The Bertz CT molecular complexity index is 1150. The minimum absolute atomic E-state index is 0.0160. The van der Waals surface area contributed by atoms with Crippen LogP contribution in [0.4, 0.5) is 10.5 Å². The number of carbonyl (C=O) groups excluding carboxylic acids is 3. The summed E-state index contributed by atoms with van der Waals surface area (Å²) in [6.45, 7) is 0.156. The van der Waals surface area contributed by atoms with E-state index in [1.807, 2.05) is 6.07 Å². The quantitative estimate of drug-likeness (QED) is 0.602. The molecule has 2 saturated heterocycles. The molecule has 11 heteroatoms. The van der Waals surface area contributed by atoms with Crippen LogP contribution < -0.4 is 15.4 Å². The van der Waals surface area contributed by atoms with Gasteiger partial charge in [0.1, 0.15) is 12.3 Å². The summed E-state index contributed by atoms with van der Waals surface area (Å²) in [5.41, 5.74) is 5.56. The molecular formula is C22H24N4O6S. The van der Waals surface area contributed by atoms with Crippen molar-refractivity contribution in [2.45, 2.75) is 23.8 Å². The van der Waals surface area contributed by atoms with Crippen molar-refractivity contribution < 1.29 is 27.5 Å². The maximum absolute atomic E-state index is 13.0. The number of nitrogens with two attached hydrogens (primary N) is 1. The van der Waals surface area contributed by atoms with Gasteiger partial charge in [-0.05, 0) is 49.2 Å². The minimum Gasteiger partial charge on any atom is -0.484 e. The standard InChI is InChI=1S/C22H24N4O6S/c23-20(27)15-32-18-6-8-19(9-7-18)33(30,31)24-12-10-16(11-13-24)25-14-21(28)26(22(25)29)17-4-2-1-3-5-17/h1-9,16H,10-15H2,(H2,23,27). The molecule has 0 radical (unpaired) electrons. The Hall–Kier alpha value is -3.44. The first-order chi connectivity index (χ1) is 15.8. The highest BCUT2D eigenvalue weighted by Gasteiger charge is 2.42. The molecule has 2 aromatic rings. The summed E-state index contributed by atoms with van der Waals surface area (Å²) < 4.78 is 32.6. The van der Waals surface area contributed by atoms with Gasteiger partial charge in [0.05, 0.1) is 10.6 Å². The Labute approximate surface area is 191 Å². The molecule has 33 heavy (non-hydrogen) atoms. The molecule has 4 amide bonds. The number of anilines is 1. The first-order valence-electron chi connectivity index (χ1n) is 10.5. The van der Waals surface area contributed by atoms with E-state index < -0.39 is 15.9 Å².